The van der Waals surface area contributed by atoms with Crippen molar-refractivity contribution in [1.82, 2.24) is 10.3 Å². The summed E-state index contributed by atoms with van der Waals surface area (Å²) in [7, 11) is 0. The number of aromatic nitrogens is 1. The van der Waals surface area contributed by atoms with Crippen LogP contribution in [0.3, 0.4) is 0 Å². The Hall–Kier alpha value is -1.83. The average molecular weight is 317 g/mol. The zero-order chi connectivity index (χ0) is 16.3. The van der Waals surface area contributed by atoms with Crippen molar-refractivity contribution in [3.63, 3.8) is 0 Å². The van der Waals surface area contributed by atoms with E-state index in [0.29, 0.717) is 18.9 Å². The van der Waals surface area contributed by atoms with Crippen LogP contribution in [0.15, 0.2) is 18.3 Å². The van der Waals surface area contributed by atoms with Crippen LogP contribution in [-0.4, -0.2) is 48.9 Å². The lowest BCUT2D eigenvalue weighted by atomic mass is 10.2. The van der Waals surface area contributed by atoms with Gasteiger partial charge in [-0.05, 0) is 26.0 Å². The van der Waals surface area contributed by atoms with E-state index in [4.69, 9.17) is 4.74 Å². The third kappa shape index (κ3) is 4.59. The SMILES string of the molecule is C[C@@H]1CN(c2ccc(C(=O)NCC(F)(F)F)cn2)C[C@H](C)O1. The van der Waals surface area contributed by atoms with Crippen LogP contribution in [-0.2, 0) is 4.74 Å². The van der Waals surface area contributed by atoms with E-state index in [2.05, 4.69) is 4.98 Å². The van der Waals surface area contributed by atoms with Crippen molar-refractivity contribution in [2.75, 3.05) is 24.5 Å². The minimum Gasteiger partial charge on any atom is -0.372 e. The Kier molecular flexibility index (Phi) is 4.90. The number of carbonyl (C=O) groups is 1. The first kappa shape index (κ1) is 16.5. The minimum atomic E-state index is -4.43. The van der Waals surface area contributed by atoms with E-state index < -0.39 is 18.6 Å². The second kappa shape index (κ2) is 6.51. The van der Waals surface area contributed by atoms with Crippen molar-refractivity contribution in [2.45, 2.75) is 32.2 Å². The summed E-state index contributed by atoms with van der Waals surface area (Å²) < 4.78 is 41.8. The van der Waals surface area contributed by atoms with E-state index in [0.717, 1.165) is 0 Å². The molecule has 0 bridgehead atoms. The van der Waals surface area contributed by atoms with Gasteiger partial charge in [0.25, 0.3) is 5.91 Å². The van der Waals surface area contributed by atoms with Crippen molar-refractivity contribution in [3.8, 4) is 0 Å². The Bertz CT molecular complexity index is 509. The van der Waals surface area contributed by atoms with Gasteiger partial charge in [0, 0.05) is 19.3 Å². The number of halogens is 3. The highest BCUT2D eigenvalue weighted by atomic mass is 19.4. The standard InChI is InChI=1S/C14H18F3N3O2/c1-9-6-20(7-10(2)22-9)12-4-3-11(5-18-12)13(21)19-8-14(15,16)17/h3-5,9-10H,6-8H2,1-2H3,(H,19,21)/t9-,10+. The van der Waals surface area contributed by atoms with Crippen LogP contribution in [0.4, 0.5) is 19.0 Å². The number of nitrogens with one attached hydrogen (secondary N) is 1. The van der Waals surface area contributed by atoms with Gasteiger partial charge in [0.05, 0.1) is 17.8 Å². The summed E-state index contributed by atoms with van der Waals surface area (Å²) in [6, 6.07) is 3.10. The molecule has 0 radical (unpaired) electrons. The van der Waals surface area contributed by atoms with Gasteiger partial charge >= 0.3 is 6.18 Å². The molecule has 1 N–H and O–H groups in total. The molecule has 2 heterocycles. The fourth-order valence-corrected chi connectivity index (χ4v) is 2.35. The van der Waals surface area contributed by atoms with Gasteiger partial charge in [-0.3, -0.25) is 4.79 Å². The molecule has 22 heavy (non-hydrogen) atoms. The van der Waals surface area contributed by atoms with E-state index in [1.54, 1.807) is 6.07 Å². The van der Waals surface area contributed by atoms with Crippen LogP contribution in [0, 0.1) is 0 Å². The molecule has 2 rings (SSSR count). The number of rotatable bonds is 3. The van der Waals surface area contributed by atoms with Crippen molar-refractivity contribution < 1.29 is 22.7 Å². The second-order valence-corrected chi connectivity index (χ2v) is 5.37. The Morgan fingerprint density at radius 2 is 2.00 bits per heavy atom. The predicted octanol–water partition coefficient (Wildman–Crippen LogP) is 1.99. The van der Waals surface area contributed by atoms with E-state index in [9.17, 15) is 18.0 Å². The molecule has 0 saturated carbocycles. The highest BCUT2D eigenvalue weighted by Gasteiger charge is 2.28. The van der Waals surface area contributed by atoms with Crippen molar-refractivity contribution in [1.29, 1.82) is 0 Å². The molecule has 0 spiro atoms. The summed E-state index contributed by atoms with van der Waals surface area (Å²) in [5, 5.41) is 1.81. The number of hydrogen-bond acceptors (Lipinski definition) is 4. The molecule has 1 saturated heterocycles. The molecular formula is C14H18F3N3O2. The van der Waals surface area contributed by atoms with Gasteiger partial charge < -0.3 is 15.0 Å². The average Bonchev–Trinajstić information content (AvgIpc) is 2.43. The summed E-state index contributed by atoms with van der Waals surface area (Å²) in [4.78, 5) is 17.8. The molecular weight excluding hydrogens is 299 g/mol. The first-order valence-electron chi connectivity index (χ1n) is 6.96. The van der Waals surface area contributed by atoms with Crippen LogP contribution in [0.5, 0.6) is 0 Å². The van der Waals surface area contributed by atoms with E-state index >= 15 is 0 Å². The lowest BCUT2D eigenvalue weighted by Crippen LogP contribution is -2.45. The molecule has 5 nitrogen and oxygen atoms in total. The first-order chi connectivity index (χ1) is 10.2. The lowest BCUT2D eigenvalue weighted by Gasteiger charge is -2.36. The molecule has 0 unspecified atom stereocenters. The number of carbonyl (C=O) groups excluding carboxylic acids is 1. The first-order valence-corrected chi connectivity index (χ1v) is 6.96. The van der Waals surface area contributed by atoms with E-state index in [1.165, 1.54) is 12.3 Å². The van der Waals surface area contributed by atoms with Crippen LogP contribution >= 0.6 is 0 Å². The molecule has 0 aliphatic carbocycles. The topological polar surface area (TPSA) is 54.5 Å². The summed E-state index contributed by atoms with van der Waals surface area (Å²) in [5.41, 5.74) is 0.0994. The summed E-state index contributed by atoms with van der Waals surface area (Å²) in [6.07, 6.45) is -3.00. The number of alkyl halides is 3. The quantitative estimate of drug-likeness (QED) is 0.926. The van der Waals surface area contributed by atoms with Crippen LogP contribution in [0.1, 0.15) is 24.2 Å². The van der Waals surface area contributed by atoms with Crippen molar-refractivity contribution in [3.05, 3.63) is 23.9 Å². The second-order valence-electron chi connectivity index (χ2n) is 5.37. The smallest absolute Gasteiger partial charge is 0.372 e. The van der Waals surface area contributed by atoms with Gasteiger partial charge in [-0.2, -0.15) is 13.2 Å². The monoisotopic (exact) mass is 317 g/mol. The molecule has 1 aliphatic heterocycles. The largest absolute Gasteiger partial charge is 0.405 e. The number of hydrogen-bond donors (Lipinski definition) is 1. The van der Waals surface area contributed by atoms with Gasteiger partial charge in [0.15, 0.2) is 0 Å². The molecule has 2 atom stereocenters. The highest BCUT2D eigenvalue weighted by Crippen LogP contribution is 2.18. The van der Waals surface area contributed by atoms with Crippen LogP contribution in [0.25, 0.3) is 0 Å². The highest BCUT2D eigenvalue weighted by molar-refractivity contribution is 5.94. The number of morpholine rings is 1. The zero-order valence-corrected chi connectivity index (χ0v) is 12.4. The summed E-state index contributed by atoms with van der Waals surface area (Å²) in [5.74, 6) is -0.116. The Morgan fingerprint density at radius 1 is 1.36 bits per heavy atom. The molecule has 122 valence electrons. The number of nitrogens with zero attached hydrogens (tertiary/aromatic N) is 2. The van der Waals surface area contributed by atoms with Gasteiger partial charge in [-0.15, -0.1) is 0 Å². The van der Waals surface area contributed by atoms with Gasteiger partial charge in [-0.1, -0.05) is 0 Å². The molecule has 1 amide bonds. The predicted molar refractivity (Wildman–Crippen MR) is 74.8 cm³/mol. The van der Waals surface area contributed by atoms with Crippen molar-refractivity contribution >= 4 is 11.7 Å². The molecule has 1 aromatic rings. The van der Waals surface area contributed by atoms with Gasteiger partial charge in [0.1, 0.15) is 12.4 Å². The molecule has 1 aromatic heterocycles. The summed E-state index contributed by atoms with van der Waals surface area (Å²) in [6.45, 7) is 3.92. The van der Waals surface area contributed by atoms with E-state index in [-0.39, 0.29) is 17.8 Å². The zero-order valence-electron chi connectivity index (χ0n) is 12.4. The van der Waals surface area contributed by atoms with Crippen LogP contribution in [0.2, 0.25) is 0 Å². The summed E-state index contributed by atoms with van der Waals surface area (Å²) >= 11 is 0. The molecule has 0 aromatic carbocycles. The molecule has 1 aliphatic rings. The van der Waals surface area contributed by atoms with Gasteiger partial charge in [-0.25, -0.2) is 4.98 Å². The fourth-order valence-electron chi connectivity index (χ4n) is 2.35. The van der Waals surface area contributed by atoms with Crippen LogP contribution < -0.4 is 10.2 Å². The normalized spacial score (nSPS) is 22.5. The van der Waals surface area contributed by atoms with Crippen molar-refractivity contribution in [2.24, 2.45) is 0 Å². The maximum Gasteiger partial charge on any atom is 0.405 e. The molecule has 1 fully saturated rings. The third-order valence-corrected chi connectivity index (χ3v) is 3.20. The number of anilines is 1. The number of pyridine rings is 1. The number of amides is 1. The number of ether oxygens (including phenoxy) is 1. The van der Waals surface area contributed by atoms with Gasteiger partial charge in [0.2, 0.25) is 0 Å². The lowest BCUT2D eigenvalue weighted by molar-refractivity contribution is -0.123. The molecule has 8 heteroatoms. The Labute approximate surface area is 126 Å². The maximum atomic E-state index is 12.1. The Balaban J connectivity index is 1.99. The Morgan fingerprint density at radius 3 is 2.50 bits per heavy atom. The minimum absolute atomic E-state index is 0.0697. The van der Waals surface area contributed by atoms with E-state index in [1.807, 2.05) is 24.1 Å². The maximum absolute atomic E-state index is 12.1. The fraction of sp³-hybridized carbons (Fsp3) is 0.571. The third-order valence-electron chi connectivity index (χ3n) is 3.20.